The third-order valence-electron chi connectivity index (χ3n) is 3.94. The maximum absolute atomic E-state index is 11.9. The van der Waals surface area contributed by atoms with Crippen LogP contribution in [0.15, 0.2) is 0 Å². The van der Waals surface area contributed by atoms with Crippen LogP contribution in [0.1, 0.15) is 25.7 Å². The van der Waals surface area contributed by atoms with E-state index in [9.17, 15) is 13.9 Å². The fourth-order valence-corrected chi connectivity index (χ4v) is 4.25. The summed E-state index contributed by atoms with van der Waals surface area (Å²) >= 11 is 1.90. The van der Waals surface area contributed by atoms with Crippen LogP contribution in [-0.2, 0) is 9.47 Å². The van der Waals surface area contributed by atoms with E-state index in [0.717, 1.165) is 30.8 Å². The molecule has 2 rings (SSSR count). The lowest BCUT2D eigenvalue weighted by atomic mass is 9.81. The smallest absolute Gasteiger partial charge is 0.261 e. The molecule has 0 aliphatic carbocycles. The number of hydrogen-bond donors (Lipinski definition) is 1. The number of halogens is 2. The first-order valence-corrected chi connectivity index (χ1v) is 8.02. The minimum atomic E-state index is -2.43. The van der Waals surface area contributed by atoms with Gasteiger partial charge in [-0.1, -0.05) is 0 Å². The molecule has 1 spiro atoms. The summed E-state index contributed by atoms with van der Waals surface area (Å²) in [6, 6.07) is 0. The van der Waals surface area contributed by atoms with E-state index in [0.29, 0.717) is 13.0 Å². The molecule has 0 aromatic rings. The molecule has 2 aliphatic heterocycles. The Bertz CT molecular complexity index is 273. The summed E-state index contributed by atoms with van der Waals surface area (Å²) < 4.78 is 34.5. The van der Waals surface area contributed by atoms with E-state index in [1.807, 2.05) is 11.8 Å². The van der Waals surface area contributed by atoms with Crippen molar-refractivity contribution >= 4 is 11.8 Å². The average molecular weight is 296 g/mol. The number of rotatable bonds is 6. The van der Waals surface area contributed by atoms with Crippen LogP contribution in [0, 0.1) is 5.92 Å². The fraction of sp³-hybridized carbons (Fsp3) is 1.00. The minimum absolute atomic E-state index is 0.0433. The number of thioether (sulfide) groups is 1. The fourth-order valence-electron chi connectivity index (χ4n) is 2.87. The zero-order valence-electron chi connectivity index (χ0n) is 11.0. The van der Waals surface area contributed by atoms with Gasteiger partial charge in [0.1, 0.15) is 6.61 Å². The van der Waals surface area contributed by atoms with Crippen LogP contribution >= 0.6 is 11.8 Å². The minimum Gasteiger partial charge on any atom is -0.393 e. The maximum Gasteiger partial charge on any atom is 0.261 e. The van der Waals surface area contributed by atoms with Crippen LogP contribution in [0.4, 0.5) is 8.78 Å². The molecular formula is C13H22F2O3S. The van der Waals surface area contributed by atoms with Crippen molar-refractivity contribution in [3.05, 3.63) is 0 Å². The molecule has 0 bridgehead atoms. The van der Waals surface area contributed by atoms with Crippen LogP contribution in [0.5, 0.6) is 0 Å². The summed E-state index contributed by atoms with van der Waals surface area (Å²) in [5.74, 6) is 2.35. The van der Waals surface area contributed by atoms with E-state index in [2.05, 4.69) is 0 Å². The average Bonchev–Trinajstić information content (AvgIpc) is 2.82. The summed E-state index contributed by atoms with van der Waals surface area (Å²) in [6.07, 6.45) is 0.324. The highest BCUT2D eigenvalue weighted by atomic mass is 32.2. The third kappa shape index (κ3) is 4.55. The Morgan fingerprint density at radius 2 is 2.32 bits per heavy atom. The molecule has 0 aromatic carbocycles. The summed E-state index contributed by atoms with van der Waals surface area (Å²) in [5.41, 5.74) is -0.0433. The van der Waals surface area contributed by atoms with Crippen molar-refractivity contribution in [2.24, 2.45) is 5.92 Å². The molecule has 0 radical (unpaired) electrons. The first kappa shape index (κ1) is 15.5. The van der Waals surface area contributed by atoms with Gasteiger partial charge in [-0.15, -0.1) is 0 Å². The predicted octanol–water partition coefficient (Wildman–Crippen LogP) is 2.32. The zero-order valence-corrected chi connectivity index (χ0v) is 11.8. The van der Waals surface area contributed by atoms with Crippen molar-refractivity contribution in [1.82, 2.24) is 0 Å². The van der Waals surface area contributed by atoms with Gasteiger partial charge in [-0.3, -0.25) is 0 Å². The molecule has 19 heavy (non-hydrogen) atoms. The molecule has 3 unspecified atom stereocenters. The highest BCUT2D eigenvalue weighted by Crippen LogP contribution is 2.41. The van der Waals surface area contributed by atoms with Gasteiger partial charge in [0.25, 0.3) is 6.43 Å². The quantitative estimate of drug-likeness (QED) is 0.764. The number of alkyl halides is 2. The van der Waals surface area contributed by atoms with Crippen molar-refractivity contribution in [3.8, 4) is 0 Å². The largest absolute Gasteiger partial charge is 0.393 e. The molecule has 2 aliphatic rings. The van der Waals surface area contributed by atoms with Crippen molar-refractivity contribution in [1.29, 1.82) is 0 Å². The number of aliphatic hydroxyl groups excluding tert-OH is 1. The molecule has 1 N–H and O–H groups in total. The molecule has 0 aromatic heterocycles. The van der Waals surface area contributed by atoms with E-state index in [-0.39, 0.29) is 18.1 Å². The Balaban J connectivity index is 1.71. The van der Waals surface area contributed by atoms with Gasteiger partial charge in [0.05, 0.1) is 11.7 Å². The highest BCUT2D eigenvalue weighted by Gasteiger charge is 2.42. The number of aliphatic hydroxyl groups is 1. The second-order valence-electron chi connectivity index (χ2n) is 5.41. The molecule has 112 valence electrons. The van der Waals surface area contributed by atoms with Gasteiger partial charge in [-0.05, 0) is 37.4 Å². The van der Waals surface area contributed by atoms with Crippen LogP contribution in [-0.4, -0.2) is 54.6 Å². The first-order valence-electron chi connectivity index (χ1n) is 6.87. The molecule has 3 nitrogen and oxygen atoms in total. The predicted molar refractivity (Wildman–Crippen MR) is 70.8 cm³/mol. The standard InChI is InChI=1S/C13H22F2O3S/c14-12(15)8-17-4-2-11(16)10-1-5-18-13(7-10)3-6-19-9-13/h10-12,16H,1-9H2. The lowest BCUT2D eigenvalue weighted by Gasteiger charge is -2.39. The lowest BCUT2D eigenvalue weighted by molar-refractivity contribution is -0.105. The van der Waals surface area contributed by atoms with Crippen molar-refractivity contribution in [2.75, 3.05) is 31.3 Å². The maximum atomic E-state index is 11.9. The SMILES string of the molecule is OC(CCOCC(F)F)C1CCOC2(CCSC2)C1. The van der Waals surface area contributed by atoms with Crippen LogP contribution in [0.2, 0.25) is 0 Å². The van der Waals surface area contributed by atoms with Gasteiger partial charge in [0, 0.05) is 19.0 Å². The Kier molecular flexibility index (Phi) is 5.87. The van der Waals surface area contributed by atoms with Gasteiger partial charge in [0.2, 0.25) is 0 Å². The second-order valence-corrected chi connectivity index (χ2v) is 6.51. The molecule has 3 atom stereocenters. The molecule has 2 heterocycles. The third-order valence-corrected chi connectivity index (χ3v) is 5.17. The second kappa shape index (κ2) is 7.20. The van der Waals surface area contributed by atoms with E-state index >= 15 is 0 Å². The van der Waals surface area contributed by atoms with E-state index in [1.54, 1.807) is 0 Å². The van der Waals surface area contributed by atoms with Gasteiger partial charge >= 0.3 is 0 Å². The van der Waals surface area contributed by atoms with E-state index in [1.165, 1.54) is 0 Å². The Morgan fingerprint density at radius 3 is 3.00 bits per heavy atom. The van der Waals surface area contributed by atoms with Crippen LogP contribution in [0.25, 0.3) is 0 Å². The molecule has 2 saturated heterocycles. The summed E-state index contributed by atoms with van der Waals surface area (Å²) in [5, 5.41) is 10.2. The molecule has 2 fully saturated rings. The number of hydrogen-bond acceptors (Lipinski definition) is 4. The summed E-state index contributed by atoms with van der Waals surface area (Å²) in [6.45, 7) is 0.353. The summed E-state index contributed by atoms with van der Waals surface area (Å²) in [4.78, 5) is 0. The van der Waals surface area contributed by atoms with Gasteiger partial charge in [-0.2, -0.15) is 11.8 Å². The molecule has 6 heteroatoms. The van der Waals surface area contributed by atoms with E-state index < -0.39 is 19.1 Å². The van der Waals surface area contributed by atoms with Gasteiger partial charge < -0.3 is 14.6 Å². The first-order chi connectivity index (χ1) is 9.11. The molecular weight excluding hydrogens is 274 g/mol. The Hall–Kier alpha value is 0.0900. The van der Waals surface area contributed by atoms with Crippen LogP contribution < -0.4 is 0 Å². The summed E-state index contributed by atoms with van der Waals surface area (Å²) in [7, 11) is 0. The monoisotopic (exact) mass is 296 g/mol. The van der Waals surface area contributed by atoms with E-state index in [4.69, 9.17) is 9.47 Å². The van der Waals surface area contributed by atoms with Crippen molar-refractivity contribution < 1.29 is 23.4 Å². The van der Waals surface area contributed by atoms with Crippen molar-refractivity contribution in [2.45, 2.75) is 43.8 Å². The number of ether oxygens (including phenoxy) is 2. The van der Waals surface area contributed by atoms with Crippen molar-refractivity contribution in [3.63, 3.8) is 0 Å². The lowest BCUT2D eigenvalue weighted by Crippen LogP contribution is -2.43. The van der Waals surface area contributed by atoms with Crippen LogP contribution in [0.3, 0.4) is 0 Å². The topological polar surface area (TPSA) is 38.7 Å². The Morgan fingerprint density at radius 1 is 1.47 bits per heavy atom. The molecule has 0 amide bonds. The highest BCUT2D eigenvalue weighted by molar-refractivity contribution is 7.99. The van der Waals surface area contributed by atoms with Gasteiger partial charge in [0.15, 0.2) is 0 Å². The van der Waals surface area contributed by atoms with Gasteiger partial charge in [-0.25, -0.2) is 8.78 Å². The normalized spacial score (nSPS) is 33.2. The Labute approximate surface area is 117 Å². The zero-order chi connectivity index (χ0) is 13.7. The molecule has 0 saturated carbocycles.